The second kappa shape index (κ2) is 10.9. The van der Waals surface area contributed by atoms with Crippen molar-refractivity contribution in [3.8, 4) is 0 Å². The molecule has 0 rings (SSSR count). The topological polar surface area (TPSA) is 159 Å². The van der Waals surface area contributed by atoms with Crippen molar-refractivity contribution in [1.82, 2.24) is 10.6 Å². The first-order valence-electron chi connectivity index (χ1n) is 7.83. The molecule has 25 heavy (non-hydrogen) atoms. The maximum atomic E-state index is 12.1. The molecule has 0 heterocycles. The van der Waals surface area contributed by atoms with E-state index in [1.165, 1.54) is 0 Å². The standard InChI is InChI=1S/C15H27N3O6S/c1-15(2,3)25-7-6-10(13(22)17-8-12(20)21)18-11(19)5-4-9(16)14(23)24/h9-10H,4-8,16H2,1-3H3,(H,17,22)(H,18,19)(H,20,21)(H,23,24)/t9-,10-/m0/s1. The first-order chi connectivity index (χ1) is 11.4. The maximum Gasteiger partial charge on any atom is 0.322 e. The molecule has 6 N–H and O–H groups in total. The summed E-state index contributed by atoms with van der Waals surface area (Å²) >= 11 is 1.61. The Kier molecular flexibility index (Phi) is 10.1. The Balaban J connectivity index is 4.64. The van der Waals surface area contributed by atoms with Crippen molar-refractivity contribution in [2.24, 2.45) is 5.73 Å². The van der Waals surface area contributed by atoms with Crippen LogP contribution in [0.2, 0.25) is 0 Å². The molecule has 0 aromatic heterocycles. The smallest absolute Gasteiger partial charge is 0.322 e. The van der Waals surface area contributed by atoms with E-state index in [4.69, 9.17) is 15.9 Å². The summed E-state index contributed by atoms with van der Waals surface area (Å²) in [6.45, 7) is 5.51. The number of aliphatic carboxylic acids is 2. The lowest BCUT2D eigenvalue weighted by atomic mass is 10.1. The number of carbonyl (C=O) groups excluding carboxylic acids is 2. The fraction of sp³-hybridized carbons (Fsp3) is 0.733. The van der Waals surface area contributed by atoms with Crippen LogP contribution in [0.4, 0.5) is 0 Å². The van der Waals surface area contributed by atoms with Crippen LogP contribution in [-0.4, -0.2) is 63.1 Å². The summed E-state index contributed by atoms with van der Waals surface area (Å²) in [5.74, 6) is -2.90. The molecule has 2 atom stereocenters. The summed E-state index contributed by atoms with van der Waals surface area (Å²) in [7, 11) is 0. The van der Waals surface area contributed by atoms with Gasteiger partial charge in [-0.2, -0.15) is 11.8 Å². The molecule has 0 fully saturated rings. The predicted octanol–water partition coefficient (Wildman–Crippen LogP) is -0.214. The third-order valence-corrected chi connectivity index (χ3v) is 4.31. The quantitative estimate of drug-likeness (QED) is 0.331. The largest absolute Gasteiger partial charge is 0.480 e. The molecular formula is C15H27N3O6S. The van der Waals surface area contributed by atoms with E-state index in [9.17, 15) is 19.2 Å². The highest BCUT2D eigenvalue weighted by Gasteiger charge is 2.23. The fourth-order valence-corrected chi connectivity index (χ4v) is 2.68. The maximum absolute atomic E-state index is 12.1. The molecule has 0 radical (unpaired) electrons. The summed E-state index contributed by atoms with van der Waals surface area (Å²) in [6, 6.07) is -2.04. The molecule has 0 saturated carbocycles. The van der Waals surface area contributed by atoms with Crippen molar-refractivity contribution < 1.29 is 29.4 Å². The number of nitrogens with two attached hydrogens (primary N) is 1. The molecular weight excluding hydrogens is 350 g/mol. The highest BCUT2D eigenvalue weighted by Crippen LogP contribution is 2.24. The molecule has 0 spiro atoms. The number of carbonyl (C=O) groups is 4. The number of amides is 2. The molecule has 144 valence electrons. The molecule has 0 aromatic rings. The van der Waals surface area contributed by atoms with Crippen LogP contribution < -0.4 is 16.4 Å². The number of rotatable bonds is 11. The van der Waals surface area contributed by atoms with E-state index in [0.29, 0.717) is 12.2 Å². The molecule has 9 nitrogen and oxygen atoms in total. The van der Waals surface area contributed by atoms with E-state index < -0.39 is 42.4 Å². The monoisotopic (exact) mass is 377 g/mol. The van der Waals surface area contributed by atoms with Crippen molar-refractivity contribution >= 4 is 35.5 Å². The van der Waals surface area contributed by atoms with E-state index in [0.717, 1.165) is 0 Å². The lowest BCUT2D eigenvalue weighted by molar-refractivity contribution is -0.139. The van der Waals surface area contributed by atoms with Crippen LogP contribution in [-0.2, 0) is 19.2 Å². The second-order valence-corrected chi connectivity index (χ2v) is 8.39. The van der Waals surface area contributed by atoms with E-state index in [-0.39, 0.29) is 17.6 Å². The van der Waals surface area contributed by atoms with Gasteiger partial charge in [0.25, 0.3) is 0 Å². The van der Waals surface area contributed by atoms with Crippen molar-refractivity contribution in [2.75, 3.05) is 12.3 Å². The lowest BCUT2D eigenvalue weighted by Crippen LogP contribution is -2.48. The molecule has 0 bridgehead atoms. The van der Waals surface area contributed by atoms with Gasteiger partial charge < -0.3 is 26.6 Å². The Labute approximate surface area is 151 Å². The third-order valence-electron chi connectivity index (χ3n) is 3.01. The lowest BCUT2D eigenvalue weighted by Gasteiger charge is -2.21. The average molecular weight is 377 g/mol. The summed E-state index contributed by atoms with van der Waals surface area (Å²) in [5.41, 5.74) is 5.34. The molecule has 0 aliphatic heterocycles. The Morgan fingerprint density at radius 3 is 2.20 bits per heavy atom. The first kappa shape index (κ1) is 23.2. The van der Waals surface area contributed by atoms with Gasteiger partial charge in [-0.15, -0.1) is 0 Å². The van der Waals surface area contributed by atoms with Crippen molar-refractivity contribution in [2.45, 2.75) is 56.9 Å². The number of carboxylic acid groups (broad SMARTS) is 2. The molecule has 2 amide bonds. The number of nitrogens with one attached hydrogen (secondary N) is 2. The highest BCUT2D eigenvalue weighted by molar-refractivity contribution is 8.00. The molecule has 0 aliphatic rings. The SMILES string of the molecule is CC(C)(C)SCC[C@H](NC(=O)CC[C@H](N)C(=O)O)C(=O)NCC(=O)O. The Morgan fingerprint density at radius 1 is 1.12 bits per heavy atom. The molecule has 10 heteroatoms. The van der Waals surface area contributed by atoms with Crippen LogP contribution in [0.1, 0.15) is 40.0 Å². The number of hydrogen-bond acceptors (Lipinski definition) is 6. The van der Waals surface area contributed by atoms with Gasteiger partial charge in [-0.1, -0.05) is 20.8 Å². The minimum absolute atomic E-state index is 0.0135. The van der Waals surface area contributed by atoms with Gasteiger partial charge in [0, 0.05) is 11.2 Å². The van der Waals surface area contributed by atoms with Crippen LogP contribution >= 0.6 is 11.8 Å². The molecule has 0 aromatic carbocycles. The van der Waals surface area contributed by atoms with Gasteiger partial charge in [-0.05, 0) is 18.6 Å². The van der Waals surface area contributed by atoms with Crippen LogP contribution in [0, 0.1) is 0 Å². The number of thioether (sulfide) groups is 1. The number of hydrogen-bond donors (Lipinski definition) is 5. The summed E-state index contributed by atoms with van der Waals surface area (Å²) < 4.78 is -0.0135. The zero-order chi connectivity index (χ0) is 19.6. The second-order valence-electron chi connectivity index (χ2n) is 6.46. The number of carboxylic acids is 2. The zero-order valence-corrected chi connectivity index (χ0v) is 15.5. The van der Waals surface area contributed by atoms with Crippen LogP contribution in [0.5, 0.6) is 0 Å². The Bertz CT molecular complexity index is 492. The van der Waals surface area contributed by atoms with Crippen LogP contribution in [0.15, 0.2) is 0 Å². The van der Waals surface area contributed by atoms with Gasteiger partial charge in [-0.25, -0.2) is 0 Å². The molecule has 0 unspecified atom stereocenters. The van der Waals surface area contributed by atoms with Crippen molar-refractivity contribution in [1.29, 1.82) is 0 Å². The van der Waals surface area contributed by atoms with E-state index in [2.05, 4.69) is 10.6 Å². The van der Waals surface area contributed by atoms with Gasteiger partial charge in [0.05, 0.1) is 0 Å². The van der Waals surface area contributed by atoms with E-state index >= 15 is 0 Å². The molecule has 0 saturated heterocycles. The Morgan fingerprint density at radius 2 is 1.72 bits per heavy atom. The van der Waals surface area contributed by atoms with Gasteiger partial charge in [0.1, 0.15) is 18.6 Å². The minimum Gasteiger partial charge on any atom is -0.480 e. The fourth-order valence-electron chi connectivity index (χ4n) is 1.71. The summed E-state index contributed by atoms with van der Waals surface area (Å²) in [5, 5.41) is 22.1. The first-order valence-corrected chi connectivity index (χ1v) is 8.82. The van der Waals surface area contributed by atoms with Crippen LogP contribution in [0.3, 0.4) is 0 Å². The van der Waals surface area contributed by atoms with E-state index in [1.54, 1.807) is 11.8 Å². The average Bonchev–Trinajstić information content (AvgIpc) is 2.47. The highest BCUT2D eigenvalue weighted by atomic mass is 32.2. The minimum atomic E-state index is -1.20. The van der Waals surface area contributed by atoms with Gasteiger partial charge >= 0.3 is 11.9 Å². The van der Waals surface area contributed by atoms with Crippen molar-refractivity contribution in [3.05, 3.63) is 0 Å². The summed E-state index contributed by atoms with van der Waals surface area (Å²) in [4.78, 5) is 45.2. The van der Waals surface area contributed by atoms with Gasteiger partial charge in [0.15, 0.2) is 0 Å². The van der Waals surface area contributed by atoms with Gasteiger partial charge in [-0.3, -0.25) is 19.2 Å². The van der Waals surface area contributed by atoms with Crippen molar-refractivity contribution in [3.63, 3.8) is 0 Å². The van der Waals surface area contributed by atoms with Gasteiger partial charge in [0.2, 0.25) is 11.8 Å². The predicted molar refractivity (Wildman–Crippen MR) is 94.2 cm³/mol. The zero-order valence-electron chi connectivity index (χ0n) is 14.7. The Hall–Kier alpha value is -1.81. The molecule has 0 aliphatic carbocycles. The summed E-state index contributed by atoms with van der Waals surface area (Å²) in [6.07, 6.45) is 0.133. The normalized spacial score (nSPS) is 13.6. The van der Waals surface area contributed by atoms with Crippen LogP contribution in [0.25, 0.3) is 0 Å². The van der Waals surface area contributed by atoms with E-state index in [1.807, 2.05) is 20.8 Å². The third kappa shape index (κ3) is 12.2.